The summed E-state index contributed by atoms with van der Waals surface area (Å²) in [5.74, 6) is 2.21. The number of thiophene rings is 1. The molecule has 1 aromatic carbocycles. The van der Waals surface area contributed by atoms with E-state index in [4.69, 9.17) is 9.47 Å². The first kappa shape index (κ1) is 25.7. The van der Waals surface area contributed by atoms with E-state index >= 15 is 0 Å². The lowest BCUT2D eigenvalue weighted by Gasteiger charge is -2.23. The summed E-state index contributed by atoms with van der Waals surface area (Å²) < 4.78 is 11.7. The van der Waals surface area contributed by atoms with Crippen LogP contribution in [-0.2, 0) is 12.1 Å². The number of aliphatic imine (C=N–C) groups is 1. The minimum absolute atomic E-state index is 0. The Balaban J connectivity index is 0.00000341. The Morgan fingerprint density at radius 1 is 1.23 bits per heavy atom. The van der Waals surface area contributed by atoms with Crippen molar-refractivity contribution in [3.8, 4) is 11.5 Å². The molecule has 1 saturated carbocycles. The summed E-state index contributed by atoms with van der Waals surface area (Å²) in [6.45, 7) is 5.45. The van der Waals surface area contributed by atoms with Crippen LogP contribution in [0.2, 0.25) is 0 Å². The Morgan fingerprint density at radius 3 is 2.65 bits per heavy atom. The van der Waals surface area contributed by atoms with Crippen molar-refractivity contribution in [2.24, 2.45) is 4.99 Å². The lowest BCUT2D eigenvalue weighted by Crippen LogP contribution is -2.44. The number of benzene rings is 1. The number of guanidine groups is 1. The molecule has 1 fully saturated rings. The van der Waals surface area contributed by atoms with Gasteiger partial charge in [0, 0.05) is 11.4 Å². The second kappa shape index (κ2) is 12.5. The predicted molar refractivity (Wildman–Crippen MR) is 138 cm³/mol. The van der Waals surface area contributed by atoms with Crippen LogP contribution in [0.1, 0.15) is 50.0 Å². The molecule has 1 unspecified atom stereocenters. The summed E-state index contributed by atoms with van der Waals surface area (Å²) >= 11 is 1.55. The van der Waals surface area contributed by atoms with Crippen LogP contribution in [0.3, 0.4) is 0 Å². The van der Waals surface area contributed by atoms with Crippen LogP contribution >= 0.6 is 35.3 Å². The highest BCUT2D eigenvalue weighted by molar-refractivity contribution is 14.0. The monoisotopic (exact) mass is 559 g/mol. The summed E-state index contributed by atoms with van der Waals surface area (Å²) in [5.41, 5.74) is 0.0956. The number of halogens is 1. The van der Waals surface area contributed by atoms with Crippen molar-refractivity contribution in [3.05, 3.63) is 46.2 Å². The van der Waals surface area contributed by atoms with Crippen molar-refractivity contribution in [3.63, 3.8) is 0 Å². The topological polar surface area (TPSA) is 75.1 Å². The smallest absolute Gasteiger partial charge is 0.191 e. The van der Waals surface area contributed by atoms with Gasteiger partial charge in [-0.3, -0.25) is 0 Å². The van der Waals surface area contributed by atoms with Crippen molar-refractivity contribution >= 4 is 41.3 Å². The zero-order valence-corrected chi connectivity index (χ0v) is 21.7. The number of nitrogens with zero attached hydrogens (tertiary/aromatic N) is 1. The third-order valence-corrected chi connectivity index (χ3v) is 6.36. The van der Waals surface area contributed by atoms with Gasteiger partial charge in [0.15, 0.2) is 17.5 Å². The first-order chi connectivity index (χ1) is 14.5. The molecule has 1 aliphatic rings. The van der Waals surface area contributed by atoms with Gasteiger partial charge >= 0.3 is 0 Å². The molecule has 6 nitrogen and oxygen atoms in total. The van der Waals surface area contributed by atoms with Gasteiger partial charge in [-0.25, -0.2) is 4.99 Å². The quantitative estimate of drug-likeness (QED) is 0.237. The number of methoxy groups -OCH3 is 1. The summed E-state index contributed by atoms with van der Waals surface area (Å²) in [6, 6.07) is 9.86. The third-order valence-electron chi connectivity index (χ3n) is 5.24. The van der Waals surface area contributed by atoms with Crippen LogP contribution in [0.25, 0.3) is 0 Å². The molecular weight excluding hydrogens is 525 g/mol. The Morgan fingerprint density at radius 2 is 2.00 bits per heavy atom. The molecule has 2 aromatic rings. The van der Waals surface area contributed by atoms with Crippen molar-refractivity contribution in [2.75, 3.05) is 20.2 Å². The molecule has 1 heterocycles. The third kappa shape index (κ3) is 7.54. The molecule has 0 saturated heterocycles. The zero-order chi connectivity index (χ0) is 21.4. The molecule has 0 aliphatic heterocycles. The lowest BCUT2D eigenvalue weighted by atomic mass is 10.1. The van der Waals surface area contributed by atoms with Crippen LogP contribution in [0.15, 0.2) is 40.7 Å². The van der Waals surface area contributed by atoms with E-state index in [9.17, 15) is 5.11 Å². The maximum Gasteiger partial charge on any atom is 0.191 e. The van der Waals surface area contributed by atoms with Gasteiger partial charge in [-0.15, -0.1) is 35.3 Å². The van der Waals surface area contributed by atoms with Gasteiger partial charge in [0.25, 0.3) is 0 Å². The highest BCUT2D eigenvalue weighted by atomic mass is 127. The standard InChI is InChI=1S/C23H33N3O3S.HI/c1-4-24-22(26-16-23(2,27)21-10-7-13-30-21)25-15-17-11-12-19(28-3)20(14-17)29-18-8-5-6-9-18;/h7,10-14,18,27H,4-6,8-9,15-16H2,1-3H3,(H2,24,25,26);1H. The van der Waals surface area contributed by atoms with Crippen LogP contribution in [0.5, 0.6) is 11.5 Å². The van der Waals surface area contributed by atoms with E-state index in [0.29, 0.717) is 19.0 Å². The van der Waals surface area contributed by atoms with E-state index in [1.54, 1.807) is 18.4 Å². The van der Waals surface area contributed by atoms with E-state index in [-0.39, 0.29) is 30.1 Å². The lowest BCUT2D eigenvalue weighted by molar-refractivity contribution is 0.0655. The number of hydrogen-bond donors (Lipinski definition) is 3. The zero-order valence-electron chi connectivity index (χ0n) is 18.5. The van der Waals surface area contributed by atoms with E-state index in [1.165, 1.54) is 12.8 Å². The highest BCUT2D eigenvalue weighted by Crippen LogP contribution is 2.32. The normalized spacial score (nSPS) is 16.3. The summed E-state index contributed by atoms with van der Waals surface area (Å²) in [7, 11) is 1.67. The van der Waals surface area contributed by atoms with Gasteiger partial charge in [-0.2, -0.15) is 0 Å². The number of aliphatic hydroxyl groups is 1. The van der Waals surface area contributed by atoms with Crippen LogP contribution < -0.4 is 20.1 Å². The Kier molecular flexibility index (Phi) is 10.4. The van der Waals surface area contributed by atoms with Crippen molar-refractivity contribution < 1.29 is 14.6 Å². The first-order valence-electron chi connectivity index (χ1n) is 10.6. The van der Waals surface area contributed by atoms with Gasteiger partial charge < -0.3 is 25.2 Å². The summed E-state index contributed by atoms with van der Waals surface area (Å²) in [4.78, 5) is 5.61. The van der Waals surface area contributed by atoms with E-state index in [0.717, 1.165) is 41.3 Å². The molecule has 0 spiro atoms. The molecule has 0 bridgehead atoms. The van der Waals surface area contributed by atoms with E-state index in [1.807, 2.05) is 49.6 Å². The van der Waals surface area contributed by atoms with Gasteiger partial charge in [-0.1, -0.05) is 12.1 Å². The fraction of sp³-hybridized carbons (Fsp3) is 0.522. The maximum absolute atomic E-state index is 10.7. The molecule has 1 aliphatic carbocycles. The molecule has 1 aromatic heterocycles. The van der Waals surface area contributed by atoms with Gasteiger partial charge in [-0.05, 0) is 68.7 Å². The number of rotatable bonds is 9. The fourth-order valence-corrected chi connectivity index (χ4v) is 4.32. The van der Waals surface area contributed by atoms with Crippen molar-refractivity contribution in [2.45, 2.75) is 57.8 Å². The average Bonchev–Trinajstić information content (AvgIpc) is 3.45. The first-order valence-corrected chi connectivity index (χ1v) is 11.5. The minimum Gasteiger partial charge on any atom is -0.493 e. The van der Waals surface area contributed by atoms with Gasteiger partial charge in [0.2, 0.25) is 0 Å². The average molecular weight is 560 g/mol. The fourth-order valence-electron chi connectivity index (χ4n) is 3.54. The minimum atomic E-state index is -0.952. The van der Waals surface area contributed by atoms with Gasteiger partial charge in [0.1, 0.15) is 5.60 Å². The molecule has 0 amide bonds. The molecule has 8 heteroatoms. The molecular formula is C23H34IN3O3S. The second-order valence-corrected chi connectivity index (χ2v) is 8.76. The van der Waals surface area contributed by atoms with Crippen molar-refractivity contribution in [1.82, 2.24) is 10.6 Å². The molecule has 3 rings (SSSR count). The second-order valence-electron chi connectivity index (χ2n) is 7.81. The largest absolute Gasteiger partial charge is 0.493 e. The van der Waals surface area contributed by atoms with Crippen LogP contribution in [-0.4, -0.2) is 37.4 Å². The number of ether oxygens (including phenoxy) is 2. The Bertz CT molecular complexity index is 821. The van der Waals surface area contributed by atoms with E-state index in [2.05, 4.69) is 15.6 Å². The predicted octanol–water partition coefficient (Wildman–Crippen LogP) is 4.66. The van der Waals surface area contributed by atoms with E-state index < -0.39 is 5.60 Å². The Labute approximate surface area is 206 Å². The summed E-state index contributed by atoms with van der Waals surface area (Å²) in [6.07, 6.45) is 4.93. The molecule has 31 heavy (non-hydrogen) atoms. The summed E-state index contributed by atoms with van der Waals surface area (Å²) in [5, 5.41) is 19.2. The SMILES string of the molecule is CCNC(=NCc1ccc(OC)c(OC2CCCC2)c1)NCC(C)(O)c1cccs1.I. The molecule has 1 atom stereocenters. The number of hydrogen-bond acceptors (Lipinski definition) is 5. The Hall–Kier alpha value is -1.52. The molecule has 3 N–H and O–H groups in total. The molecule has 172 valence electrons. The van der Waals surface area contributed by atoms with Gasteiger partial charge in [0.05, 0.1) is 26.3 Å². The highest BCUT2D eigenvalue weighted by Gasteiger charge is 2.24. The maximum atomic E-state index is 10.7. The van der Waals surface area contributed by atoms with Crippen LogP contribution in [0, 0.1) is 0 Å². The van der Waals surface area contributed by atoms with Crippen molar-refractivity contribution in [1.29, 1.82) is 0 Å². The number of nitrogens with one attached hydrogen (secondary N) is 2. The molecule has 0 radical (unpaired) electrons. The van der Waals surface area contributed by atoms with Crippen LogP contribution in [0.4, 0.5) is 0 Å².